The van der Waals surface area contributed by atoms with Gasteiger partial charge in [0.15, 0.2) is 5.69 Å². The van der Waals surface area contributed by atoms with Gasteiger partial charge < -0.3 is 29.7 Å². The van der Waals surface area contributed by atoms with E-state index in [4.69, 9.17) is 9.47 Å². The molecule has 3 heterocycles. The minimum atomic E-state index is -0.611. The smallest absolute Gasteiger partial charge is 0.356 e. The van der Waals surface area contributed by atoms with Crippen molar-refractivity contribution in [2.24, 2.45) is 0 Å². The Hall–Kier alpha value is -4.70. The Morgan fingerprint density at radius 1 is 1.05 bits per heavy atom. The monoisotopic (exact) mass is 529 g/mol. The van der Waals surface area contributed by atoms with Crippen molar-refractivity contribution in [1.29, 1.82) is 0 Å². The van der Waals surface area contributed by atoms with Gasteiger partial charge in [0.25, 0.3) is 0 Å². The van der Waals surface area contributed by atoms with Crippen LogP contribution in [0, 0.1) is 5.82 Å². The third-order valence-corrected chi connectivity index (χ3v) is 6.54. The van der Waals surface area contributed by atoms with Crippen molar-refractivity contribution < 1.29 is 23.5 Å². The van der Waals surface area contributed by atoms with Crippen molar-refractivity contribution in [2.45, 2.75) is 19.5 Å². The summed E-state index contributed by atoms with van der Waals surface area (Å²) in [4.78, 5) is 33.5. The van der Waals surface area contributed by atoms with Gasteiger partial charge in [-0.3, -0.25) is 4.79 Å². The number of methoxy groups -OCH3 is 2. The number of rotatable bonds is 10. The molecule has 0 aliphatic rings. The van der Waals surface area contributed by atoms with Crippen LogP contribution in [0.5, 0.6) is 0 Å². The van der Waals surface area contributed by atoms with E-state index >= 15 is 0 Å². The molecule has 0 saturated carbocycles. The van der Waals surface area contributed by atoms with Gasteiger partial charge in [0, 0.05) is 48.2 Å². The van der Waals surface area contributed by atoms with Crippen LogP contribution in [-0.2, 0) is 33.8 Å². The first kappa shape index (κ1) is 25.9. The Morgan fingerprint density at radius 2 is 1.85 bits per heavy atom. The van der Waals surface area contributed by atoms with E-state index < -0.39 is 11.9 Å². The summed E-state index contributed by atoms with van der Waals surface area (Å²) in [5, 5.41) is 7.61. The summed E-state index contributed by atoms with van der Waals surface area (Å²) < 4.78 is 26.0. The molecule has 0 atom stereocenters. The highest BCUT2D eigenvalue weighted by atomic mass is 19.1. The van der Waals surface area contributed by atoms with Gasteiger partial charge in [-0.2, -0.15) is 0 Å². The summed E-state index contributed by atoms with van der Waals surface area (Å²) in [7, 11) is 2.71. The van der Waals surface area contributed by atoms with Gasteiger partial charge >= 0.3 is 5.97 Å². The number of fused-ring (bicyclic) bond motifs is 2. The normalized spacial score (nSPS) is 11.2. The third kappa shape index (κ3) is 5.32. The zero-order valence-corrected chi connectivity index (χ0v) is 21.6. The summed E-state index contributed by atoms with van der Waals surface area (Å²) in [6.45, 7) is 0.440. The number of halogens is 1. The molecule has 0 saturated heterocycles. The van der Waals surface area contributed by atoms with Crippen LogP contribution < -0.4 is 10.6 Å². The fourth-order valence-corrected chi connectivity index (χ4v) is 4.69. The van der Waals surface area contributed by atoms with Crippen LogP contribution in [0.15, 0.2) is 67.0 Å². The molecular formula is C29H28FN5O4. The van der Waals surface area contributed by atoms with Crippen LogP contribution in [0.2, 0.25) is 0 Å². The Kier molecular flexibility index (Phi) is 7.55. The number of aromatic nitrogens is 3. The van der Waals surface area contributed by atoms with Crippen molar-refractivity contribution in [3.8, 4) is 0 Å². The molecule has 39 heavy (non-hydrogen) atoms. The Labute approximate surface area is 223 Å². The number of hydrogen-bond acceptors (Lipinski definition) is 6. The van der Waals surface area contributed by atoms with E-state index in [1.165, 1.54) is 20.3 Å². The number of ether oxygens (including phenoxy) is 2. The molecule has 3 aromatic heterocycles. The highest BCUT2D eigenvalue weighted by Gasteiger charge is 2.26. The van der Waals surface area contributed by atoms with Gasteiger partial charge in [0.05, 0.1) is 24.7 Å². The third-order valence-electron chi connectivity index (χ3n) is 6.54. The molecule has 2 aromatic carbocycles. The molecule has 1 amide bonds. The van der Waals surface area contributed by atoms with E-state index in [9.17, 15) is 14.0 Å². The lowest BCUT2D eigenvalue weighted by molar-refractivity contribution is -0.119. The average Bonchev–Trinajstić information content (AvgIpc) is 3.49. The molecule has 0 aliphatic carbocycles. The molecule has 0 bridgehead atoms. The van der Waals surface area contributed by atoms with Crippen molar-refractivity contribution in [3.05, 3.63) is 89.6 Å². The maximum Gasteiger partial charge on any atom is 0.356 e. The Morgan fingerprint density at radius 3 is 2.64 bits per heavy atom. The number of anilines is 2. The van der Waals surface area contributed by atoms with Gasteiger partial charge in [0.1, 0.15) is 18.1 Å². The number of esters is 1. The molecule has 3 N–H and O–H groups in total. The molecule has 10 heteroatoms. The van der Waals surface area contributed by atoms with E-state index in [2.05, 4.69) is 20.6 Å². The second-order valence-electron chi connectivity index (χ2n) is 9.00. The molecule has 0 fully saturated rings. The first-order chi connectivity index (χ1) is 19.0. The molecule has 0 aliphatic heterocycles. The average molecular weight is 530 g/mol. The van der Waals surface area contributed by atoms with Crippen LogP contribution >= 0.6 is 0 Å². The standard InChI is InChI=1S/C29H28FN5O4/c1-38-17-25(36)34-26-22-13-20(31-15-19-7-3-5-9-23(19)30)16-33-28(22)35(27(26)29(37)39-2)12-11-18-14-32-24-10-6-4-8-21(18)24/h3-10,13-14,16,31-32H,11-12,15,17H2,1-2H3,(H,34,36). The van der Waals surface area contributed by atoms with Crippen molar-refractivity contribution >= 4 is 45.2 Å². The largest absolute Gasteiger partial charge is 0.464 e. The van der Waals surface area contributed by atoms with Crippen LogP contribution in [0.3, 0.4) is 0 Å². The predicted molar refractivity (Wildman–Crippen MR) is 147 cm³/mol. The fraction of sp³-hybridized carbons (Fsp3) is 0.207. The highest BCUT2D eigenvalue weighted by Crippen LogP contribution is 2.33. The number of nitrogens with zero attached hydrogens (tertiary/aromatic N) is 2. The minimum absolute atomic E-state index is 0.176. The zero-order valence-electron chi connectivity index (χ0n) is 21.6. The number of nitrogens with one attached hydrogen (secondary N) is 3. The lowest BCUT2D eigenvalue weighted by atomic mass is 10.1. The number of aryl methyl sites for hydroxylation is 2. The molecule has 5 aromatic rings. The van der Waals surface area contributed by atoms with Crippen molar-refractivity contribution in [1.82, 2.24) is 14.5 Å². The molecule has 0 unspecified atom stereocenters. The Bertz CT molecular complexity index is 1660. The van der Waals surface area contributed by atoms with Crippen LogP contribution in [0.1, 0.15) is 21.6 Å². The number of carbonyl (C=O) groups excluding carboxylic acids is 2. The molecule has 200 valence electrons. The van der Waals surface area contributed by atoms with Gasteiger partial charge in [-0.25, -0.2) is 14.2 Å². The summed E-state index contributed by atoms with van der Waals surface area (Å²) in [5.74, 6) is -1.36. The number of aromatic amines is 1. The van der Waals surface area contributed by atoms with Crippen LogP contribution in [0.25, 0.3) is 21.9 Å². The second kappa shape index (κ2) is 11.4. The van der Waals surface area contributed by atoms with Gasteiger partial charge in [-0.1, -0.05) is 36.4 Å². The predicted octanol–water partition coefficient (Wildman–Crippen LogP) is 4.88. The van der Waals surface area contributed by atoms with E-state index in [1.54, 1.807) is 35.0 Å². The fourth-order valence-electron chi connectivity index (χ4n) is 4.69. The maximum absolute atomic E-state index is 14.1. The number of hydrogen-bond donors (Lipinski definition) is 3. The summed E-state index contributed by atoms with van der Waals surface area (Å²) in [6.07, 6.45) is 4.17. The SMILES string of the molecule is COCC(=O)Nc1c(C(=O)OC)n(CCc2c[nH]c3ccccc23)c2ncc(NCc3ccccc3F)cc12. The molecular weight excluding hydrogens is 501 g/mol. The lowest BCUT2D eigenvalue weighted by Gasteiger charge is -2.10. The quantitative estimate of drug-likeness (QED) is 0.222. The summed E-state index contributed by atoms with van der Waals surface area (Å²) >= 11 is 0. The molecule has 9 nitrogen and oxygen atoms in total. The van der Waals surface area contributed by atoms with E-state index in [0.29, 0.717) is 35.2 Å². The van der Waals surface area contributed by atoms with Crippen LogP contribution in [0.4, 0.5) is 15.8 Å². The number of H-pyrrole nitrogens is 1. The van der Waals surface area contributed by atoms with E-state index in [1.807, 2.05) is 30.5 Å². The Balaban J connectivity index is 1.55. The number of amides is 1. The first-order valence-corrected chi connectivity index (χ1v) is 12.4. The van der Waals surface area contributed by atoms with Crippen LogP contribution in [-0.4, -0.2) is 47.2 Å². The number of benzene rings is 2. The first-order valence-electron chi connectivity index (χ1n) is 12.4. The topological polar surface area (TPSA) is 110 Å². The molecule has 5 rings (SSSR count). The minimum Gasteiger partial charge on any atom is -0.464 e. The van der Waals surface area contributed by atoms with Gasteiger partial charge in [-0.05, 0) is 30.2 Å². The highest BCUT2D eigenvalue weighted by molar-refractivity contribution is 6.11. The molecule has 0 spiro atoms. The van der Waals surface area contributed by atoms with Crippen molar-refractivity contribution in [3.63, 3.8) is 0 Å². The summed E-state index contributed by atoms with van der Waals surface area (Å²) in [5.41, 5.74) is 4.15. The maximum atomic E-state index is 14.1. The number of carbonyl (C=O) groups is 2. The summed E-state index contributed by atoms with van der Waals surface area (Å²) in [6, 6.07) is 16.3. The van der Waals surface area contributed by atoms with Crippen molar-refractivity contribution in [2.75, 3.05) is 31.5 Å². The van der Waals surface area contributed by atoms with Gasteiger partial charge in [0.2, 0.25) is 5.91 Å². The lowest BCUT2D eigenvalue weighted by Crippen LogP contribution is -2.20. The molecule has 0 radical (unpaired) electrons. The van der Waals surface area contributed by atoms with E-state index in [-0.39, 0.29) is 30.4 Å². The van der Waals surface area contributed by atoms with E-state index in [0.717, 1.165) is 16.5 Å². The second-order valence-corrected chi connectivity index (χ2v) is 9.00. The van der Waals surface area contributed by atoms with Gasteiger partial charge in [-0.15, -0.1) is 0 Å². The zero-order chi connectivity index (χ0) is 27.4. The number of pyridine rings is 1. The number of para-hydroxylation sites is 1.